The average Bonchev–Trinajstić information content (AvgIpc) is 4.15. The quantitative estimate of drug-likeness (QED) is 0.0665. The summed E-state index contributed by atoms with van der Waals surface area (Å²) in [5.74, 6) is 3.62. The topological polar surface area (TPSA) is 134 Å². The second-order valence-corrected chi connectivity index (χ2v) is 24.0. The SMILES string of the molecule is COc1cc(N2CCN(CCCCCCCCCCCCNC(=O)CC3(C)CC4CC(C)CP(C4)C3)CC2)ccc1Nc1ncc2c(C)cc(=O)n([C@H]3CC[C@@H](NC(=O)C4CC4)CC3)c2n1. The first kappa shape index (κ1) is 48.7. The van der Waals surface area contributed by atoms with Gasteiger partial charge < -0.3 is 25.6 Å². The molecule has 5 heterocycles. The zero-order valence-electron chi connectivity index (χ0n) is 40.9. The number of carbonyl (C=O) groups is 2. The van der Waals surface area contributed by atoms with Crippen LogP contribution in [0.3, 0.4) is 0 Å². The molecule has 4 atom stereocenters. The lowest BCUT2D eigenvalue weighted by molar-refractivity contribution is -0.124. The molecule has 2 aliphatic carbocycles. The van der Waals surface area contributed by atoms with Gasteiger partial charge in [-0.3, -0.25) is 23.9 Å². The molecule has 13 heteroatoms. The fourth-order valence-electron chi connectivity index (χ4n) is 12.0. The molecule has 5 fully saturated rings. The van der Waals surface area contributed by atoms with Crippen molar-refractivity contribution in [3.63, 3.8) is 0 Å². The molecule has 2 bridgehead atoms. The van der Waals surface area contributed by atoms with Crippen LogP contribution in [-0.4, -0.2) is 102 Å². The highest BCUT2D eigenvalue weighted by Crippen LogP contribution is 2.58. The summed E-state index contributed by atoms with van der Waals surface area (Å²) >= 11 is 0. The molecule has 3 aliphatic heterocycles. The molecule has 66 heavy (non-hydrogen) atoms. The van der Waals surface area contributed by atoms with Gasteiger partial charge in [0, 0.05) is 86.5 Å². The molecule has 3 N–H and O–H groups in total. The van der Waals surface area contributed by atoms with Crippen LogP contribution in [0, 0.1) is 30.1 Å². The molecule has 2 saturated carbocycles. The van der Waals surface area contributed by atoms with Crippen LogP contribution >= 0.6 is 7.92 Å². The van der Waals surface area contributed by atoms with E-state index in [2.05, 4.69) is 56.7 Å². The summed E-state index contributed by atoms with van der Waals surface area (Å²) in [5, 5.41) is 10.8. The Kier molecular flexibility index (Phi) is 17.0. The molecule has 3 aromatic rings. The van der Waals surface area contributed by atoms with E-state index in [1.54, 1.807) is 13.2 Å². The van der Waals surface area contributed by atoms with Crippen LogP contribution in [0.25, 0.3) is 11.0 Å². The number of pyridine rings is 1. The maximum atomic E-state index is 13.5. The fraction of sp³-hybridized carbons (Fsp3) is 0.717. The van der Waals surface area contributed by atoms with Gasteiger partial charge >= 0.3 is 0 Å². The number of anilines is 3. The molecule has 0 spiro atoms. The molecule has 8 rings (SSSR count). The lowest BCUT2D eigenvalue weighted by atomic mass is 9.77. The Hall–Kier alpha value is -3.76. The third kappa shape index (κ3) is 13.3. The van der Waals surface area contributed by atoms with E-state index in [1.807, 2.05) is 23.8 Å². The Bertz CT molecular complexity index is 2130. The fourth-order valence-corrected chi connectivity index (χ4v) is 15.8. The van der Waals surface area contributed by atoms with Crippen LogP contribution in [0.4, 0.5) is 17.3 Å². The lowest BCUT2D eigenvalue weighted by Crippen LogP contribution is -2.46. The number of aryl methyl sites for hydroxylation is 1. The van der Waals surface area contributed by atoms with E-state index in [4.69, 9.17) is 9.72 Å². The molecule has 3 saturated heterocycles. The zero-order valence-corrected chi connectivity index (χ0v) is 41.8. The van der Waals surface area contributed by atoms with Crippen LogP contribution in [-0.2, 0) is 9.59 Å². The van der Waals surface area contributed by atoms with Gasteiger partial charge in [0.1, 0.15) is 11.4 Å². The Morgan fingerprint density at radius 3 is 2.30 bits per heavy atom. The number of amides is 2. The largest absolute Gasteiger partial charge is 0.494 e. The zero-order chi connectivity index (χ0) is 46.0. The van der Waals surface area contributed by atoms with Gasteiger partial charge in [0.15, 0.2) is 0 Å². The van der Waals surface area contributed by atoms with Crippen molar-refractivity contribution >= 4 is 48.1 Å². The van der Waals surface area contributed by atoms with Crippen molar-refractivity contribution in [2.24, 2.45) is 23.2 Å². The number of rotatable bonds is 22. The number of hydrogen-bond donors (Lipinski definition) is 3. The number of ether oxygens (including phenoxy) is 1. The molecular formula is C53H81N8O4P. The third-order valence-corrected chi connectivity index (χ3v) is 18.9. The van der Waals surface area contributed by atoms with Crippen molar-refractivity contribution in [3.05, 3.63) is 46.4 Å². The van der Waals surface area contributed by atoms with E-state index < -0.39 is 0 Å². The average molecular weight is 925 g/mol. The summed E-state index contributed by atoms with van der Waals surface area (Å²) in [6.07, 6.45) is 27.7. The first-order chi connectivity index (χ1) is 32.0. The first-order valence-electron chi connectivity index (χ1n) is 26.1. The molecule has 362 valence electrons. The van der Waals surface area contributed by atoms with Gasteiger partial charge in [-0.05, 0) is 131 Å². The number of unbranched alkanes of at least 4 members (excludes halogenated alkanes) is 9. The molecule has 4 unspecified atom stereocenters. The third-order valence-electron chi connectivity index (χ3n) is 15.5. The van der Waals surface area contributed by atoms with Gasteiger partial charge in [-0.25, -0.2) is 4.98 Å². The predicted molar refractivity (Wildman–Crippen MR) is 271 cm³/mol. The van der Waals surface area contributed by atoms with Gasteiger partial charge in [-0.2, -0.15) is 4.98 Å². The van der Waals surface area contributed by atoms with Crippen molar-refractivity contribution in [3.8, 4) is 5.75 Å². The van der Waals surface area contributed by atoms with Crippen LogP contribution in [0.1, 0.15) is 147 Å². The Balaban J connectivity index is 0.690. The molecule has 1 aromatic carbocycles. The van der Waals surface area contributed by atoms with Gasteiger partial charge in [0.05, 0.1) is 12.8 Å². The highest BCUT2D eigenvalue weighted by atomic mass is 31.1. The minimum absolute atomic E-state index is 0.0194. The number of hydrogen-bond acceptors (Lipinski definition) is 9. The number of aromatic nitrogens is 3. The lowest BCUT2D eigenvalue weighted by Gasteiger charge is -2.47. The van der Waals surface area contributed by atoms with Crippen molar-refractivity contribution in [2.45, 2.75) is 155 Å². The normalized spacial score (nSPS) is 25.7. The summed E-state index contributed by atoms with van der Waals surface area (Å²) in [7, 11) is 1.86. The van der Waals surface area contributed by atoms with Crippen molar-refractivity contribution in [1.29, 1.82) is 0 Å². The summed E-state index contributed by atoms with van der Waals surface area (Å²) in [4.78, 5) is 53.3. The number of benzene rings is 1. The number of carbonyl (C=O) groups excluding carboxylic acids is 2. The van der Waals surface area contributed by atoms with Gasteiger partial charge in [-0.1, -0.05) is 65.2 Å². The second kappa shape index (κ2) is 23.0. The van der Waals surface area contributed by atoms with E-state index >= 15 is 0 Å². The van der Waals surface area contributed by atoms with E-state index in [0.717, 1.165) is 124 Å². The summed E-state index contributed by atoms with van der Waals surface area (Å²) < 4.78 is 7.74. The standard InChI is InChI=1S/C53H81N8O4P/c1-38-29-40-32-53(3,37-66(35-38)36-40)33-48(62)54-23-13-11-9-7-5-6-8-10-12-14-24-59-25-27-60(28-26-59)44-21-22-46(47(31-44)65-4)57-52-55-34-45-39(2)30-49(63)61(50(45)58-52)43-19-17-42(18-20-43)56-51(64)41-15-16-41/h21-22,30-31,34,38,40-43H,5-20,23-29,32-33,35-37H2,1-4H3,(H,54,62)(H,56,64)(H,55,57,58)/t38?,40?,42-,43+,53?,66?. The smallest absolute Gasteiger partial charge is 0.252 e. The summed E-state index contributed by atoms with van der Waals surface area (Å²) in [5.41, 5.74) is 3.63. The predicted octanol–water partition coefficient (Wildman–Crippen LogP) is 9.94. The molecule has 12 nitrogen and oxygen atoms in total. The number of nitrogens with zero attached hydrogens (tertiary/aromatic N) is 5. The van der Waals surface area contributed by atoms with E-state index in [-0.39, 0.29) is 42.8 Å². The summed E-state index contributed by atoms with van der Waals surface area (Å²) in [6.45, 7) is 12.9. The Morgan fingerprint density at radius 1 is 0.894 bits per heavy atom. The number of fused-ring (bicyclic) bond motifs is 3. The summed E-state index contributed by atoms with van der Waals surface area (Å²) in [6, 6.07) is 8.17. The molecule has 5 aliphatic rings. The Morgan fingerprint density at radius 2 is 1.61 bits per heavy atom. The first-order valence-corrected chi connectivity index (χ1v) is 28.0. The van der Waals surface area contributed by atoms with Crippen LogP contribution in [0.5, 0.6) is 5.75 Å². The number of methoxy groups -OCH3 is 1. The maximum absolute atomic E-state index is 13.5. The highest BCUT2D eigenvalue weighted by molar-refractivity contribution is 7.57. The molecular weight excluding hydrogens is 844 g/mol. The van der Waals surface area contributed by atoms with Crippen LogP contribution in [0.2, 0.25) is 0 Å². The van der Waals surface area contributed by atoms with Gasteiger partial charge in [0.2, 0.25) is 17.8 Å². The van der Waals surface area contributed by atoms with E-state index in [9.17, 15) is 14.4 Å². The number of piperazine rings is 1. The second-order valence-electron chi connectivity index (χ2n) is 21.6. The van der Waals surface area contributed by atoms with Gasteiger partial charge in [-0.15, -0.1) is 7.92 Å². The van der Waals surface area contributed by atoms with Crippen LogP contribution in [0.15, 0.2) is 35.3 Å². The van der Waals surface area contributed by atoms with Crippen molar-refractivity contribution in [2.75, 3.05) is 75.1 Å². The molecule has 2 aromatic heterocycles. The highest BCUT2D eigenvalue weighted by Gasteiger charge is 2.41. The minimum atomic E-state index is -0.0458. The maximum Gasteiger partial charge on any atom is 0.252 e. The Labute approximate surface area is 396 Å². The van der Waals surface area contributed by atoms with Crippen LogP contribution < -0.4 is 31.1 Å². The van der Waals surface area contributed by atoms with Gasteiger partial charge in [0.25, 0.3) is 5.56 Å². The monoisotopic (exact) mass is 925 g/mol. The number of nitrogens with one attached hydrogen (secondary N) is 3. The van der Waals surface area contributed by atoms with Crippen molar-refractivity contribution < 1.29 is 14.3 Å². The minimum Gasteiger partial charge on any atom is -0.494 e. The molecule has 2 amide bonds. The van der Waals surface area contributed by atoms with E-state index in [0.29, 0.717) is 17.5 Å². The van der Waals surface area contributed by atoms with Crippen molar-refractivity contribution in [1.82, 2.24) is 30.1 Å². The molecule has 0 radical (unpaired) electrons. The van der Waals surface area contributed by atoms with E-state index in [1.165, 1.54) is 95.7 Å².